The SMILES string of the molecule is CC(C)(CN)CCCCSc1ccc2c(c1)OCCO2. The molecule has 0 saturated carbocycles. The predicted molar refractivity (Wildman–Crippen MR) is 84.8 cm³/mol. The second kappa shape index (κ2) is 7.23. The van der Waals surface area contributed by atoms with Crippen molar-refractivity contribution < 1.29 is 9.47 Å². The molecule has 1 aliphatic heterocycles. The molecule has 0 aromatic heterocycles. The molecule has 112 valence electrons. The van der Waals surface area contributed by atoms with Gasteiger partial charge in [-0.05, 0) is 48.8 Å². The molecule has 20 heavy (non-hydrogen) atoms. The highest BCUT2D eigenvalue weighted by molar-refractivity contribution is 7.99. The number of fused-ring (bicyclic) bond motifs is 1. The lowest BCUT2D eigenvalue weighted by Gasteiger charge is -2.21. The van der Waals surface area contributed by atoms with Gasteiger partial charge in [-0.15, -0.1) is 11.8 Å². The van der Waals surface area contributed by atoms with E-state index in [1.165, 1.54) is 24.2 Å². The van der Waals surface area contributed by atoms with Gasteiger partial charge in [-0.25, -0.2) is 0 Å². The predicted octanol–water partition coefficient (Wildman–Crippen LogP) is 3.71. The van der Waals surface area contributed by atoms with Gasteiger partial charge in [0.1, 0.15) is 13.2 Å². The molecule has 0 aliphatic carbocycles. The van der Waals surface area contributed by atoms with Gasteiger partial charge in [-0.3, -0.25) is 0 Å². The number of benzene rings is 1. The smallest absolute Gasteiger partial charge is 0.162 e. The highest BCUT2D eigenvalue weighted by Crippen LogP contribution is 2.34. The molecular weight excluding hydrogens is 270 g/mol. The minimum atomic E-state index is 0.279. The second-order valence-corrected chi connectivity index (χ2v) is 7.15. The van der Waals surface area contributed by atoms with Crippen molar-refractivity contribution in [3.8, 4) is 11.5 Å². The molecule has 2 N–H and O–H groups in total. The molecule has 4 heteroatoms. The van der Waals surface area contributed by atoms with E-state index in [-0.39, 0.29) is 5.41 Å². The van der Waals surface area contributed by atoms with E-state index in [0.29, 0.717) is 13.2 Å². The van der Waals surface area contributed by atoms with E-state index >= 15 is 0 Å². The third-order valence-corrected chi connectivity index (χ3v) is 4.66. The largest absolute Gasteiger partial charge is 0.486 e. The van der Waals surface area contributed by atoms with Crippen LogP contribution in [0.4, 0.5) is 0 Å². The third-order valence-electron chi connectivity index (χ3n) is 3.58. The van der Waals surface area contributed by atoms with Crippen LogP contribution in [-0.4, -0.2) is 25.5 Å². The number of rotatable bonds is 7. The second-order valence-electron chi connectivity index (χ2n) is 5.98. The van der Waals surface area contributed by atoms with Crippen LogP contribution < -0.4 is 15.2 Å². The van der Waals surface area contributed by atoms with Crippen molar-refractivity contribution in [3.63, 3.8) is 0 Å². The Labute approximate surface area is 126 Å². The summed E-state index contributed by atoms with van der Waals surface area (Å²) in [6.07, 6.45) is 3.66. The Kier molecular flexibility index (Phi) is 5.61. The van der Waals surface area contributed by atoms with Crippen LogP contribution in [0.15, 0.2) is 23.1 Å². The van der Waals surface area contributed by atoms with E-state index < -0.39 is 0 Å². The van der Waals surface area contributed by atoms with Gasteiger partial charge >= 0.3 is 0 Å². The van der Waals surface area contributed by atoms with Crippen molar-refractivity contribution in [1.29, 1.82) is 0 Å². The summed E-state index contributed by atoms with van der Waals surface area (Å²) >= 11 is 1.88. The molecule has 0 spiro atoms. The van der Waals surface area contributed by atoms with Crippen LogP contribution in [0, 0.1) is 5.41 Å². The minimum absolute atomic E-state index is 0.279. The molecule has 1 aromatic carbocycles. The maximum Gasteiger partial charge on any atom is 0.162 e. The Bertz CT molecular complexity index is 434. The molecule has 0 radical (unpaired) electrons. The lowest BCUT2D eigenvalue weighted by molar-refractivity contribution is 0.171. The molecule has 0 fully saturated rings. The molecule has 3 nitrogen and oxygen atoms in total. The lowest BCUT2D eigenvalue weighted by Crippen LogP contribution is -2.23. The Morgan fingerprint density at radius 1 is 1.15 bits per heavy atom. The summed E-state index contributed by atoms with van der Waals surface area (Å²) in [6.45, 7) is 6.54. The van der Waals surface area contributed by atoms with Gasteiger partial charge in [0, 0.05) is 4.90 Å². The van der Waals surface area contributed by atoms with E-state index in [9.17, 15) is 0 Å². The number of nitrogens with two attached hydrogens (primary N) is 1. The molecule has 0 bridgehead atoms. The number of unbranched alkanes of at least 4 members (excludes halogenated alkanes) is 1. The first-order valence-electron chi connectivity index (χ1n) is 7.33. The standard InChI is InChI=1S/C16H25NO2S/c1-16(2,12-17)7-3-4-10-20-13-5-6-14-15(11-13)19-9-8-18-14/h5-6,11H,3-4,7-10,12,17H2,1-2H3. The van der Waals surface area contributed by atoms with E-state index in [2.05, 4.69) is 26.0 Å². The van der Waals surface area contributed by atoms with Gasteiger partial charge in [-0.2, -0.15) is 0 Å². The van der Waals surface area contributed by atoms with Crippen LogP contribution in [0.3, 0.4) is 0 Å². The molecule has 1 aromatic rings. The third kappa shape index (κ3) is 4.60. The van der Waals surface area contributed by atoms with Gasteiger partial charge < -0.3 is 15.2 Å². The summed E-state index contributed by atoms with van der Waals surface area (Å²) in [4.78, 5) is 1.26. The van der Waals surface area contributed by atoms with Crippen LogP contribution in [-0.2, 0) is 0 Å². The Morgan fingerprint density at radius 3 is 2.65 bits per heavy atom. The normalized spacial score (nSPS) is 14.3. The van der Waals surface area contributed by atoms with Gasteiger partial charge in [0.2, 0.25) is 0 Å². The Hall–Kier alpha value is -0.870. The fraction of sp³-hybridized carbons (Fsp3) is 0.625. The quantitative estimate of drug-likeness (QED) is 0.615. The van der Waals surface area contributed by atoms with Gasteiger partial charge in [0.05, 0.1) is 0 Å². The Morgan fingerprint density at radius 2 is 1.90 bits per heavy atom. The molecule has 0 saturated heterocycles. The van der Waals surface area contributed by atoms with Gasteiger partial charge in [0.25, 0.3) is 0 Å². The molecule has 0 unspecified atom stereocenters. The molecule has 2 rings (SSSR count). The topological polar surface area (TPSA) is 44.5 Å². The highest BCUT2D eigenvalue weighted by Gasteiger charge is 2.14. The zero-order valence-electron chi connectivity index (χ0n) is 12.5. The fourth-order valence-corrected chi connectivity index (χ4v) is 3.05. The summed E-state index contributed by atoms with van der Waals surface area (Å²) in [5.74, 6) is 2.89. The van der Waals surface area contributed by atoms with Crippen molar-refractivity contribution in [1.82, 2.24) is 0 Å². The van der Waals surface area contributed by atoms with E-state index in [1.54, 1.807) is 0 Å². The van der Waals surface area contributed by atoms with Crippen LogP contribution in [0.2, 0.25) is 0 Å². The maximum atomic E-state index is 5.75. The average molecular weight is 295 g/mol. The Balaban J connectivity index is 1.72. The maximum absolute atomic E-state index is 5.75. The van der Waals surface area contributed by atoms with E-state index in [4.69, 9.17) is 15.2 Å². The van der Waals surface area contributed by atoms with Crippen molar-refractivity contribution in [3.05, 3.63) is 18.2 Å². The number of hydrogen-bond acceptors (Lipinski definition) is 4. The number of ether oxygens (including phenoxy) is 2. The molecular formula is C16H25NO2S. The molecule has 1 heterocycles. The van der Waals surface area contributed by atoms with Gasteiger partial charge in [0.15, 0.2) is 11.5 Å². The first-order valence-corrected chi connectivity index (χ1v) is 8.32. The summed E-state index contributed by atoms with van der Waals surface area (Å²) in [7, 11) is 0. The van der Waals surface area contributed by atoms with Gasteiger partial charge in [-0.1, -0.05) is 20.3 Å². The summed E-state index contributed by atoms with van der Waals surface area (Å²) < 4.78 is 11.1. The molecule has 1 aliphatic rings. The fourth-order valence-electron chi connectivity index (χ4n) is 2.11. The van der Waals surface area contributed by atoms with Crippen LogP contribution in [0.1, 0.15) is 33.1 Å². The van der Waals surface area contributed by atoms with Crippen LogP contribution in [0.5, 0.6) is 11.5 Å². The summed E-state index contributed by atoms with van der Waals surface area (Å²) in [6, 6.07) is 6.21. The zero-order valence-corrected chi connectivity index (χ0v) is 13.3. The lowest BCUT2D eigenvalue weighted by atomic mass is 9.88. The van der Waals surface area contributed by atoms with Crippen molar-refractivity contribution in [2.45, 2.75) is 38.0 Å². The van der Waals surface area contributed by atoms with Crippen LogP contribution >= 0.6 is 11.8 Å². The van der Waals surface area contributed by atoms with Crippen molar-refractivity contribution >= 4 is 11.8 Å². The van der Waals surface area contributed by atoms with E-state index in [0.717, 1.165) is 23.8 Å². The van der Waals surface area contributed by atoms with Crippen molar-refractivity contribution in [2.24, 2.45) is 11.1 Å². The molecule has 0 atom stereocenters. The number of thioether (sulfide) groups is 1. The first kappa shape index (κ1) is 15.5. The van der Waals surface area contributed by atoms with Crippen LogP contribution in [0.25, 0.3) is 0 Å². The minimum Gasteiger partial charge on any atom is -0.486 e. The summed E-state index contributed by atoms with van der Waals surface area (Å²) in [5, 5.41) is 0. The highest BCUT2D eigenvalue weighted by atomic mass is 32.2. The van der Waals surface area contributed by atoms with Crippen molar-refractivity contribution in [2.75, 3.05) is 25.5 Å². The summed E-state index contributed by atoms with van der Waals surface area (Å²) in [5.41, 5.74) is 6.03. The first-order chi connectivity index (χ1) is 9.61. The number of hydrogen-bond donors (Lipinski definition) is 1. The monoisotopic (exact) mass is 295 g/mol. The zero-order chi connectivity index (χ0) is 14.4. The van der Waals surface area contributed by atoms with E-state index in [1.807, 2.05) is 17.8 Å². The average Bonchev–Trinajstić information content (AvgIpc) is 2.46. The molecule has 0 amide bonds.